The van der Waals surface area contributed by atoms with Crippen LogP contribution in [0.4, 0.5) is 0 Å². The second-order valence-corrected chi connectivity index (χ2v) is 5.19. The molecule has 0 unspecified atom stereocenters. The van der Waals surface area contributed by atoms with Crippen LogP contribution in [0.25, 0.3) is 0 Å². The molecule has 2 rings (SSSR count). The normalized spacial score (nSPS) is 10.4. The molecule has 0 aliphatic carbocycles. The number of benzene rings is 2. The van der Waals surface area contributed by atoms with Gasteiger partial charge in [-0.25, -0.2) is 0 Å². The van der Waals surface area contributed by atoms with Gasteiger partial charge in [0, 0.05) is 11.6 Å². The highest BCUT2D eigenvalue weighted by atomic mass is 16.5. The molecule has 0 aromatic heterocycles. The molecular weight excluding hydrogens is 296 g/mol. The third kappa shape index (κ3) is 4.00. The maximum Gasteiger partial charge on any atom is 0.161 e. The first kappa shape index (κ1) is 16.8. The minimum absolute atomic E-state index is 0.00768. The van der Waals surface area contributed by atoms with E-state index in [1.807, 2.05) is 19.1 Å². The molecule has 0 amide bonds. The number of rotatable bonds is 7. The number of phenols is 2. The first-order chi connectivity index (χ1) is 11.1. The summed E-state index contributed by atoms with van der Waals surface area (Å²) in [5.74, 6) is 1.93. The molecule has 0 aliphatic heterocycles. The predicted octanol–water partition coefficient (Wildman–Crippen LogP) is 3.44. The van der Waals surface area contributed by atoms with E-state index in [4.69, 9.17) is 14.2 Å². The fourth-order valence-corrected chi connectivity index (χ4v) is 2.50. The van der Waals surface area contributed by atoms with Gasteiger partial charge in [-0.1, -0.05) is 6.07 Å². The van der Waals surface area contributed by atoms with Crippen LogP contribution in [-0.4, -0.2) is 31.0 Å². The third-order valence-corrected chi connectivity index (χ3v) is 3.65. The molecule has 2 N–H and O–H groups in total. The molecule has 0 radical (unpaired) electrons. The molecular formula is C18H22O5. The molecule has 0 saturated carbocycles. The molecule has 5 heteroatoms. The summed E-state index contributed by atoms with van der Waals surface area (Å²) < 4.78 is 16.3. The van der Waals surface area contributed by atoms with Gasteiger partial charge in [0.05, 0.1) is 20.8 Å². The monoisotopic (exact) mass is 318 g/mol. The minimum Gasteiger partial charge on any atom is -0.508 e. The molecule has 0 aliphatic rings. The average Bonchev–Trinajstić information content (AvgIpc) is 2.53. The Morgan fingerprint density at radius 1 is 0.957 bits per heavy atom. The van der Waals surface area contributed by atoms with Gasteiger partial charge in [0.25, 0.3) is 0 Å². The summed E-state index contributed by atoms with van der Waals surface area (Å²) in [5, 5.41) is 18.9. The topological polar surface area (TPSA) is 68.2 Å². The summed E-state index contributed by atoms with van der Waals surface area (Å²) in [7, 11) is 3.29. The molecule has 2 aromatic rings. The van der Waals surface area contributed by atoms with Crippen LogP contribution in [-0.2, 0) is 6.42 Å². The van der Waals surface area contributed by atoms with Crippen molar-refractivity contribution in [1.29, 1.82) is 0 Å². The lowest BCUT2D eigenvalue weighted by Gasteiger charge is -2.14. The summed E-state index contributed by atoms with van der Waals surface area (Å²) in [4.78, 5) is 0. The smallest absolute Gasteiger partial charge is 0.161 e. The van der Waals surface area contributed by atoms with E-state index in [1.54, 1.807) is 20.3 Å². The van der Waals surface area contributed by atoms with Crippen LogP contribution in [0.1, 0.15) is 17.5 Å². The van der Waals surface area contributed by atoms with Crippen LogP contribution in [0, 0.1) is 6.92 Å². The van der Waals surface area contributed by atoms with Gasteiger partial charge in [-0.15, -0.1) is 0 Å². The standard InChI is InChI=1S/C18H22O5/c1-12-16(21-2)8-6-13(18(12)22-3)5-4-10-23-17-9-7-14(19)11-15(17)20/h6-9,11,19-20H,4-5,10H2,1-3H3. The van der Waals surface area contributed by atoms with Gasteiger partial charge < -0.3 is 24.4 Å². The maximum atomic E-state index is 9.67. The van der Waals surface area contributed by atoms with E-state index in [1.165, 1.54) is 12.1 Å². The molecule has 0 atom stereocenters. The zero-order chi connectivity index (χ0) is 16.8. The Labute approximate surface area is 136 Å². The van der Waals surface area contributed by atoms with E-state index in [2.05, 4.69) is 0 Å². The van der Waals surface area contributed by atoms with E-state index < -0.39 is 0 Å². The Balaban J connectivity index is 1.95. The fraction of sp³-hybridized carbons (Fsp3) is 0.333. The lowest BCUT2D eigenvalue weighted by molar-refractivity contribution is 0.292. The highest BCUT2D eigenvalue weighted by Crippen LogP contribution is 2.32. The lowest BCUT2D eigenvalue weighted by Crippen LogP contribution is -2.02. The average molecular weight is 318 g/mol. The number of phenolic OH excluding ortho intramolecular Hbond substituents is 2. The SMILES string of the molecule is COc1ccc(CCCOc2ccc(O)cc2O)c(OC)c1C. The lowest BCUT2D eigenvalue weighted by atomic mass is 10.0. The van der Waals surface area contributed by atoms with Crippen LogP contribution in [0.5, 0.6) is 28.7 Å². The van der Waals surface area contributed by atoms with Crippen LogP contribution >= 0.6 is 0 Å². The van der Waals surface area contributed by atoms with Crippen molar-refractivity contribution in [3.05, 3.63) is 41.5 Å². The van der Waals surface area contributed by atoms with Crippen LogP contribution in [0.2, 0.25) is 0 Å². The number of methoxy groups -OCH3 is 2. The minimum atomic E-state index is -0.0668. The van der Waals surface area contributed by atoms with Gasteiger partial charge in [0.15, 0.2) is 11.5 Å². The van der Waals surface area contributed by atoms with E-state index in [9.17, 15) is 10.2 Å². The van der Waals surface area contributed by atoms with Crippen molar-refractivity contribution >= 4 is 0 Å². The number of hydrogen-bond donors (Lipinski definition) is 2. The largest absolute Gasteiger partial charge is 0.508 e. The van der Waals surface area contributed by atoms with Gasteiger partial charge in [0.1, 0.15) is 17.2 Å². The van der Waals surface area contributed by atoms with Crippen LogP contribution in [0.3, 0.4) is 0 Å². The van der Waals surface area contributed by atoms with Crippen molar-refractivity contribution in [2.75, 3.05) is 20.8 Å². The van der Waals surface area contributed by atoms with E-state index in [-0.39, 0.29) is 11.5 Å². The number of aryl methyl sites for hydroxylation is 1. The molecule has 0 saturated heterocycles. The van der Waals surface area contributed by atoms with Gasteiger partial charge in [0.2, 0.25) is 0 Å². The molecule has 5 nitrogen and oxygen atoms in total. The number of ether oxygens (including phenoxy) is 3. The van der Waals surface area contributed by atoms with Gasteiger partial charge in [-0.05, 0) is 43.5 Å². The Morgan fingerprint density at radius 3 is 2.35 bits per heavy atom. The van der Waals surface area contributed by atoms with Crippen molar-refractivity contribution in [2.45, 2.75) is 19.8 Å². The van der Waals surface area contributed by atoms with Crippen LogP contribution < -0.4 is 14.2 Å². The van der Waals surface area contributed by atoms with E-state index >= 15 is 0 Å². The number of aromatic hydroxyl groups is 2. The highest BCUT2D eigenvalue weighted by Gasteiger charge is 2.11. The van der Waals surface area contributed by atoms with Crippen molar-refractivity contribution in [3.8, 4) is 28.7 Å². The quantitative estimate of drug-likeness (QED) is 0.766. The molecule has 0 bridgehead atoms. The Hall–Kier alpha value is -2.56. The summed E-state index contributed by atoms with van der Waals surface area (Å²) in [5.41, 5.74) is 2.06. The first-order valence-electron chi connectivity index (χ1n) is 7.42. The molecule has 0 heterocycles. The van der Waals surface area contributed by atoms with Crippen LogP contribution in [0.15, 0.2) is 30.3 Å². The molecule has 124 valence electrons. The molecule has 23 heavy (non-hydrogen) atoms. The second kappa shape index (κ2) is 7.63. The predicted molar refractivity (Wildman–Crippen MR) is 87.9 cm³/mol. The first-order valence-corrected chi connectivity index (χ1v) is 7.42. The summed E-state index contributed by atoms with van der Waals surface area (Å²) >= 11 is 0. The van der Waals surface area contributed by atoms with Gasteiger partial charge in [-0.3, -0.25) is 0 Å². The zero-order valence-corrected chi connectivity index (χ0v) is 13.6. The van der Waals surface area contributed by atoms with E-state index in [0.29, 0.717) is 12.4 Å². The Morgan fingerprint density at radius 2 is 1.70 bits per heavy atom. The van der Waals surface area contributed by atoms with Crippen molar-refractivity contribution in [3.63, 3.8) is 0 Å². The second-order valence-electron chi connectivity index (χ2n) is 5.19. The van der Waals surface area contributed by atoms with Crippen molar-refractivity contribution in [2.24, 2.45) is 0 Å². The van der Waals surface area contributed by atoms with Crippen molar-refractivity contribution < 1.29 is 24.4 Å². The number of hydrogen-bond acceptors (Lipinski definition) is 5. The zero-order valence-electron chi connectivity index (χ0n) is 13.6. The molecule has 0 fully saturated rings. The fourth-order valence-electron chi connectivity index (χ4n) is 2.50. The Bertz CT molecular complexity index is 667. The van der Waals surface area contributed by atoms with Crippen molar-refractivity contribution in [1.82, 2.24) is 0 Å². The van der Waals surface area contributed by atoms with Gasteiger partial charge in [-0.2, -0.15) is 0 Å². The third-order valence-electron chi connectivity index (χ3n) is 3.65. The maximum absolute atomic E-state index is 9.67. The molecule has 0 spiro atoms. The van der Waals surface area contributed by atoms with Gasteiger partial charge >= 0.3 is 0 Å². The highest BCUT2D eigenvalue weighted by molar-refractivity contribution is 5.49. The Kier molecular flexibility index (Phi) is 5.57. The summed E-state index contributed by atoms with van der Waals surface area (Å²) in [6.45, 7) is 2.42. The van der Waals surface area contributed by atoms with E-state index in [0.717, 1.165) is 35.5 Å². The summed E-state index contributed by atoms with van der Waals surface area (Å²) in [6, 6.07) is 8.20. The summed E-state index contributed by atoms with van der Waals surface area (Å²) in [6.07, 6.45) is 1.55. The molecule has 2 aromatic carbocycles.